The van der Waals surface area contributed by atoms with E-state index < -0.39 is 12.4 Å². The number of hydrogen-bond donors (Lipinski definition) is 3. The van der Waals surface area contributed by atoms with E-state index in [0.717, 1.165) is 32.1 Å². The van der Waals surface area contributed by atoms with Crippen molar-refractivity contribution in [1.29, 1.82) is 0 Å². The molecule has 208 valence electrons. The molecule has 3 aliphatic rings. The number of fused-ring (bicyclic) bond motifs is 1. The van der Waals surface area contributed by atoms with Gasteiger partial charge in [-0.15, -0.1) is 0 Å². The molecule has 5 rings (SSSR count). The molecule has 4 atom stereocenters. The molecule has 2 aliphatic heterocycles. The van der Waals surface area contributed by atoms with Gasteiger partial charge in [0.05, 0.1) is 0 Å². The molecular formula is C30H35Cl2N3O4. The number of carbonyl (C=O) groups is 3. The first-order valence-electron chi connectivity index (χ1n) is 13.8. The number of halogens is 2. The van der Waals surface area contributed by atoms with Gasteiger partial charge in [0.15, 0.2) is 0 Å². The van der Waals surface area contributed by atoms with Crippen LogP contribution in [0.3, 0.4) is 0 Å². The maximum atomic E-state index is 12.7. The summed E-state index contributed by atoms with van der Waals surface area (Å²) in [6.45, 7) is 1.07. The van der Waals surface area contributed by atoms with Crippen LogP contribution in [0.4, 0.5) is 0 Å². The molecule has 0 spiro atoms. The summed E-state index contributed by atoms with van der Waals surface area (Å²) in [5, 5.41) is 17.4. The van der Waals surface area contributed by atoms with Crippen molar-refractivity contribution in [3.8, 4) is 0 Å². The molecule has 2 amide bonds. The lowest BCUT2D eigenvalue weighted by Gasteiger charge is -2.47. The van der Waals surface area contributed by atoms with Crippen LogP contribution in [0.5, 0.6) is 0 Å². The molecule has 2 saturated heterocycles. The fourth-order valence-electron chi connectivity index (χ4n) is 6.88. The highest BCUT2D eigenvalue weighted by Crippen LogP contribution is 2.45. The maximum absolute atomic E-state index is 12.7. The van der Waals surface area contributed by atoms with Gasteiger partial charge >= 0.3 is 5.97 Å². The standard InChI is InChI=1S/C30H35Cl2N3O4/c31-21-6-1-18(2-7-21)30(19-3-8-22(32)9-4-19)20-5-10-25-24(15-20)26(16-27(36)34-25)33-23-11-13-35(14-12-23)28(37)17-29(38)39/h1-4,6-9,20,23-26,30,33H,5,10-17H2,(H,34,36)(H,38,39). The summed E-state index contributed by atoms with van der Waals surface area (Å²) in [7, 11) is 0. The first-order chi connectivity index (χ1) is 18.8. The number of rotatable bonds is 7. The maximum Gasteiger partial charge on any atom is 0.312 e. The number of benzene rings is 2. The second-order valence-electron chi connectivity index (χ2n) is 11.2. The minimum atomic E-state index is -1.10. The molecule has 39 heavy (non-hydrogen) atoms. The smallest absolute Gasteiger partial charge is 0.312 e. The normalized spacial score (nSPS) is 25.7. The summed E-state index contributed by atoms with van der Waals surface area (Å²) in [4.78, 5) is 37.4. The Morgan fingerprint density at radius 3 is 2.10 bits per heavy atom. The lowest BCUT2D eigenvalue weighted by Crippen LogP contribution is -2.60. The monoisotopic (exact) mass is 571 g/mol. The van der Waals surface area contributed by atoms with E-state index in [9.17, 15) is 14.4 Å². The summed E-state index contributed by atoms with van der Waals surface area (Å²) in [6.07, 6.45) is 4.40. The highest BCUT2D eigenvalue weighted by Gasteiger charge is 2.43. The van der Waals surface area contributed by atoms with Crippen LogP contribution in [-0.4, -0.2) is 59.0 Å². The zero-order valence-corrected chi connectivity index (χ0v) is 23.3. The van der Waals surface area contributed by atoms with Crippen LogP contribution < -0.4 is 10.6 Å². The van der Waals surface area contributed by atoms with Crippen molar-refractivity contribution in [2.75, 3.05) is 13.1 Å². The van der Waals surface area contributed by atoms with E-state index in [1.54, 1.807) is 4.90 Å². The Morgan fingerprint density at radius 1 is 0.949 bits per heavy atom. The van der Waals surface area contributed by atoms with Gasteiger partial charge in [0.25, 0.3) is 0 Å². The Labute approximate surface area is 239 Å². The molecule has 9 heteroatoms. The number of hydrogen-bond acceptors (Lipinski definition) is 4. The molecular weight excluding hydrogens is 537 g/mol. The van der Waals surface area contributed by atoms with Crippen LogP contribution >= 0.6 is 23.2 Å². The van der Waals surface area contributed by atoms with Gasteiger partial charge < -0.3 is 20.6 Å². The number of carbonyl (C=O) groups excluding carboxylic acids is 2. The lowest BCUT2D eigenvalue weighted by molar-refractivity contribution is -0.144. The zero-order chi connectivity index (χ0) is 27.5. The SMILES string of the molecule is O=C(O)CC(=O)N1CCC(NC2CC(=O)NC3CCC(C(c4ccc(Cl)cc4)c4ccc(Cl)cc4)CC32)CC1. The minimum Gasteiger partial charge on any atom is -0.481 e. The number of piperidine rings is 2. The van der Waals surface area contributed by atoms with E-state index >= 15 is 0 Å². The third kappa shape index (κ3) is 6.76. The molecule has 2 aromatic carbocycles. The highest BCUT2D eigenvalue weighted by molar-refractivity contribution is 6.30. The first kappa shape index (κ1) is 27.9. The fraction of sp³-hybridized carbons (Fsp3) is 0.500. The summed E-state index contributed by atoms with van der Waals surface area (Å²) in [5.74, 6) is -0.445. The summed E-state index contributed by atoms with van der Waals surface area (Å²) >= 11 is 12.4. The predicted octanol–water partition coefficient (Wildman–Crippen LogP) is 4.85. The average Bonchev–Trinajstić information content (AvgIpc) is 2.91. The second kappa shape index (κ2) is 12.3. The van der Waals surface area contributed by atoms with Crippen molar-refractivity contribution < 1.29 is 19.5 Å². The number of likely N-dealkylation sites (tertiary alicyclic amines) is 1. The summed E-state index contributed by atoms with van der Waals surface area (Å²) < 4.78 is 0. The summed E-state index contributed by atoms with van der Waals surface area (Å²) in [5.41, 5.74) is 2.46. The van der Waals surface area contributed by atoms with Gasteiger partial charge in [-0.1, -0.05) is 47.5 Å². The Balaban J connectivity index is 1.31. The van der Waals surface area contributed by atoms with Crippen LogP contribution in [0, 0.1) is 11.8 Å². The van der Waals surface area contributed by atoms with Crippen molar-refractivity contribution in [3.05, 3.63) is 69.7 Å². The quantitative estimate of drug-likeness (QED) is 0.412. The minimum absolute atomic E-state index is 0.0638. The van der Waals surface area contributed by atoms with Gasteiger partial charge in [-0.2, -0.15) is 0 Å². The van der Waals surface area contributed by atoms with Crippen molar-refractivity contribution in [2.45, 2.75) is 69.0 Å². The molecule has 3 N–H and O–H groups in total. The van der Waals surface area contributed by atoms with Gasteiger partial charge in [0.2, 0.25) is 11.8 Å². The van der Waals surface area contributed by atoms with Crippen molar-refractivity contribution in [3.63, 3.8) is 0 Å². The number of amides is 2. The van der Waals surface area contributed by atoms with E-state index in [2.05, 4.69) is 34.9 Å². The second-order valence-corrected chi connectivity index (χ2v) is 12.1. The summed E-state index contributed by atoms with van der Waals surface area (Å²) in [6, 6.07) is 16.7. The van der Waals surface area contributed by atoms with Crippen molar-refractivity contribution >= 4 is 41.0 Å². The van der Waals surface area contributed by atoms with Crippen molar-refractivity contribution in [2.24, 2.45) is 11.8 Å². The molecule has 0 radical (unpaired) electrons. The van der Waals surface area contributed by atoms with E-state index in [-0.39, 0.29) is 35.9 Å². The topological polar surface area (TPSA) is 98.7 Å². The third-order valence-electron chi connectivity index (χ3n) is 8.74. The Kier molecular flexibility index (Phi) is 8.79. The molecule has 0 aromatic heterocycles. The Morgan fingerprint density at radius 2 is 1.54 bits per heavy atom. The number of aliphatic carboxylic acids is 1. The van der Waals surface area contributed by atoms with Crippen LogP contribution in [0.25, 0.3) is 0 Å². The van der Waals surface area contributed by atoms with Gasteiger partial charge in [0.1, 0.15) is 6.42 Å². The van der Waals surface area contributed by atoms with Crippen LogP contribution in [0.2, 0.25) is 10.0 Å². The predicted molar refractivity (Wildman–Crippen MR) is 151 cm³/mol. The van der Waals surface area contributed by atoms with Crippen LogP contribution in [-0.2, 0) is 14.4 Å². The molecule has 7 nitrogen and oxygen atoms in total. The number of nitrogens with zero attached hydrogens (tertiary/aromatic N) is 1. The molecule has 1 saturated carbocycles. The Bertz CT molecular complexity index is 1140. The van der Waals surface area contributed by atoms with E-state index in [4.69, 9.17) is 28.3 Å². The van der Waals surface area contributed by atoms with Crippen LogP contribution in [0.15, 0.2) is 48.5 Å². The Hall–Kier alpha value is -2.61. The van der Waals surface area contributed by atoms with Crippen LogP contribution in [0.1, 0.15) is 62.0 Å². The van der Waals surface area contributed by atoms with Gasteiger partial charge in [-0.05, 0) is 79.3 Å². The number of nitrogens with one attached hydrogen (secondary N) is 2. The molecule has 2 aromatic rings. The van der Waals surface area contributed by atoms with Crippen molar-refractivity contribution in [1.82, 2.24) is 15.5 Å². The number of carboxylic acids is 1. The zero-order valence-electron chi connectivity index (χ0n) is 21.8. The number of carboxylic acid groups (broad SMARTS) is 1. The van der Waals surface area contributed by atoms with Gasteiger partial charge in [0, 0.05) is 53.6 Å². The van der Waals surface area contributed by atoms with E-state index in [1.807, 2.05) is 24.3 Å². The largest absolute Gasteiger partial charge is 0.481 e. The average molecular weight is 573 g/mol. The lowest BCUT2D eigenvalue weighted by atomic mass is 9.65. The fourth-order valence-corrected chi connectivity index (χ4v) is 7.13. The van der Waals surface area contributed by atoms with E-state index in [0.29, 0.717) is 41.4 Å². The molecule has 0 bridgehead atoms. The first-order valence-corrected chi connectivity index (χ1v) is 14.6. The van der Waals surface area contributed by atoms with E-state index in [1.165, 1.54) is 11.1 Å². The van der Waals surface area contributed by atoms with Gasteiger partial charge in [-0.3, -0.25) is 14.4 Å². The molecule has 3 fully saturated rings. The highest BCUT2D eigenvalue weighted by atomic mass is 35.5. The van der Waals surface area contributed by atoms with Gasteiger partial charge in [-0.25, -0.2) is 0 Å². The molecule has 4 unspecified atom stereocenters. The third-order valence-corrected chi connectivity index (χ3v) is 9.24. The molecule has 1 aliphatic carbocycles. The molecule has 2 heterocycles.